The number of hydrogen-bond donors (Lipinski definition) is 0. The van der Waals surface area contributed by atoms with Gasteiger partial charge in [0.2, 0.25) is 11.8 Å². The third-order valence-corrected chi connectivity index (χ3v) is 5.63. The molecule has 0 radical (unpaired) electrons. The van der Waals surface area contributed by atoms with E-state index in [2.05, 4.69) is 13.8 Å². The lowest BCUT2D eigenvalue weighted by molar-refractivity contribution is -0.135. The summed E-state index contributed by atoms with van der Waals surface area (Å²) in [6, 6.07) is 6.73. The molecule has 140 valence electrons. The SMILES string of the molecule is CCC(CC)N1CC(C(=O)N2CC=C(c3ccc(F)cc3)CC2)CC1=O. The average Bonchev–Trinajstić information content (AvgIpc) is 3.05. The van der Waals surface area contributed by atoms with E-state index in [-0.39, 0.29) is 29.6 Å². The first kappa shape index (κ1) is 18.6. The van der Waals surface area contributed by atoms with Crippen molar-refractivity contribution in [3.8, 4) is 0 Å². The molecule has 5 heteroatoms. The Kier molecular flexibility index (Phi) is 5.74. The summed E-state index contributed by atoms with van der Waals surface area (Å²) in [4.78, 5) is 28.9. The third-order valence-electron chi connectivity index (χ3n) is 5.63. The van der Waals surface area contributed by atoms with E-state index in [9.17, 15) is 14.0 Å². The Bertz CT molecular complexity index is 694. The van der Waals surface area contributed by atoms with E-state index in [0.717, 1.165) is 30.4 Å². The van der Waals surface area contributed by atoms with Gasteiger partial charge in [-0.05, 0) is 42.5 Å². The smallest absolute Gasteiger partial charge is 0.228 e. The predicted molar refractivity (Wildman–Crippen MR) is 99.8 cm³/mol. The van der Waals surface area contributed by atoms with Crippen molar-refractivity contribution in [1.82, 2.24) is 9.80 Å². The number of hydrogen-bond acceptors (Lipinski definition) is 2. The maximum Gasteiger partial charge on any atom is 0.228 e. The molecular formula is C21H27FN2O2. The van der Waals surface area contributed by atoms with Gasteiger partial charge in [0.25, 0.3) is 0 Å². The minimum absolute atomic E-state index is 0.0845. The molecule has 0 aromatic heterocycles. The highest BCUT2D eigenvalue weighted by atomic mass is 19.1. The summed E-state index contributed by atoms with van der Waals surface area (Å²) in [6.45, 7) is 5.93. The van der Waals surface area contributed by atoms with Crippen LogP contribution >= 0.6 is 0 Å². The Labute approximate surface area is 154 Å². The van der Waals surface area contributed by atoms with Crippen LogP contribution in [0.25, 0.3) is 5.57 Å². The first-order valence-corrected chi connectivity index (χ1v) is 9.56. The van der Waals surface area contributed by atoms with Gasteiger partial charge in [0.05, 0.1) is 5.92 Å². The van der Waals surface area contributed by atoms with Crippen molar-refractivity contribution in [3.63, 3.8) is 0 Å². The minimum atomic E-state index is -0.241. The fourth-order valence-corrected chi connectivity index (χ4v) is 4.03. The van der Waals surface area contributed by atoms with Gasteiger partial charge in [-0.1, -0.05) is 32.1 Å². The summed E-state index contributed by atoms with van der Waals surface area (Å²) in [5.41, 5.74) is 2.16. The molecule has 26 heavy (non-hydrogen) atoms. The lowest BCUT2D eigenvalue weighted by Crippen LogP contribution is -2.41. The van der Waals surface area contributed by atoms with Crippen molar-refractivity contribution in [2.24, 2.45) is 5.92 Å². The summed E-state index contributed by atoms with van der Waals surface area (Å²) in [6.07, 6.45) is 4.99. The van der Waals surface area contributed by atoms with Crippen molar-refractivity contribution in [2.75, 3.05) is 19.6 Å². The second-order valence-corrected chi connectivity index (χ2v) is 7.19. The maximum absolute atomic E-state index is 13.1. The molecule has 0 aliphatic carbocycles. The largest absolute Gasteiger partial charge is 0.339 e. The van der Waals surface area contributed by atoms with Gasteiger partial charge in [-0.15, -0.1) is 0 Å². The summed E-state index contributed by atoms with van der Waals surface area (Å²) in [5.74, 6) is -0.267. The van der Waals surface area contributed by atoms with Crippen molar-refractivity contribution >= 4 is 17.4 Å². The number of likely N-dealkylation sites (tertiary alicyclic amines) is 1. The lowest BCUT2D eigenvalue weighted by atomic mass is 9.98. The van der Waals surface area contributed by atoms with E-state index >= 15 is 0 Å². The maximum atomic E-state index is 13.1. The zero-order chi connectivity index (χ0) is 18.7. The Morgan fingerprint density at radius 3 is 2.50 bits per heavy atom. The highest BCUT2D eigenvalue weighted by molar-refractivity contribution is 5.90. The predicted octanol–water partition coefficient (Wildman–Crippen LogP) is 3.48. The van der Waals surface area contributed by atoms with Crippen LogP contribution in [-0.2, 0) is 9.59 Å². The van der Waals surface area contributed by atoms with Gasteiger partial charge in [-0.25, -0.2) is 4.39 Å². The van der Waals surface area contributed by atoms with Gasteiger partial charge >= 0.3 is 0 Å². The molecule has 1 aromatic rings. The van der Waals surface area contributed by atoms with E-state index in [1.165, 1.54) is 12.1 Å². The molecule has 2 aliphatic heterocycles. The first-order chi connectivity index (χ1) is 12.5. The fraction of sp³-hybridized carbons (Fsp3) is 0.524. The second kappa shape index (κ2) is 8.02. The van der Waals surface area contributed by atoms with E-state index in [1.54, 1.807) is 12.1 Å². The van der Waals surface area contributed by atoms with Gasteiger partial charge in [-0.3, -0.25) is 9.59 Å². The summed E-state index contributed by atoms with van der Waals surface area (Å²) >= 11 is 0. The second-order valence-electron chi connectivity index (χ2n) is 7.19. The third kappa shape index (κ3) is 3.81. The quantitative estimate of drug-likeness (QED) is 0.809. The van der Waals surface area contributed by atoms with Crippen LogP contribution in [0.4, 0.5) is 4.39 Å². The number of rotatable bonds is 5. The summed E-state index contributed by atoms with van der Waals surface area (Å²) in [5, 5.41) is 0. The van der Waals surface area contributed by atoms with Crippen LogP contribution in [0.5, 0.6) is 0 Å². The van der Waals surface area contributed by atoms with Crippen molar-refractivity contribution < 1.29 is 14.0 Å². The summed E-state index contributed by atoms with van der Waals surface area (Å²) in [7, 11) is 0. The number of carbonyl (C=O) groups excluding carboxylic acids is 2. The molecule has 2 heterocycles. The first-order valence-electron chi connectivity index (χ1n) is 9.56. The van der Waals surface area contributed by atoms with Gasteiger partial charge in [-0.2, -0.15) is 0 Å². The molecule has 3 rings (SSSR count). The Morgan fingerprint density at radius 2 is 1.92 bits per heavy atom. The standard InChI is InChI=1S/C21H27FN2O2/c1-3-19(4-2)24-14-17(13-20(24)25)21(26)23-11-9-16(10-12-23)15-5-7-18(22)8-6-15/h5-9,17,19H,3-4,10-14H2,1-2H3. The van der Waals surface area contributed by atoms with Crippen molar-refractivity contribution in [3.05, 3.63) is 41.7 Å². The molecule has 0 bridgehead atoms. The van der Waals surface area contributed by atoms with Crippen molar-refractivity contribution in [1.29, 1.82) is 0 Å². The van der Waals surface area contributed by atoms with Gasteiger partial charge in [0.1, 0.15) is 5.82 Å². The van der Waals surface area contributed by atoms with E-state index < -0.39 is 0 Å². The van der Waals surface area contributed by atoms with E-state index in [4.69, 9.17) is 0 Å². The average molecular weight is 358 g/mol. The number of nitrogens with zero attached hydrogens (tertiary/aromatic N) is 2. The number of carbonyl (C=O) groups is 2. The number of halogens is 1. The zero-order valence-electron chi connectivity index (χ0n) is 15.6. The van der Waals surface area contributed by atoms with Crippen molar-refractivity contribution in [2.45, 2.75) is 45.6 Å². The van der Waals surface area contributed by atoms with Crippen LogP contribution in [0.15, 0.2) is 30.3 Å². The van der Waals surface area contributed by atoms with Gasteiger partial charge in [0, 0.05) is 32.1 Å². The highest BCUT2D eigenvalue weighted by Gasteiger charge is 2.38. The molecule has 2 aliphatic rings. The zero-order valence-corrected chi connectivity index (χ0v) is 15.6. The van der Waals surface area contributed by atoms with Crippen LogP contribution < -0.4 is 0 Å². The highest BCUT2D eigenvalue weighted by Crippen LogP contribution is 2.27. The molecule has 0 spiro atoms. The molecule has 2 amide bonds. The van der Waals surface area contributed by atoms with E-state index in [1.807, 2.05) is 15.9 Å². The molecule has 1 atom stereocenters. The fourth-order valence-electron chi connectivity index (χ4n) is 4.03. The molecule has 1 saturated heterocycles. The minimum Gasteiger partial charge on any atom is -0.339 e. The Hall–Kier alpha value is -2.17. The molecular weight excluding hydrogens is 331 g/mol. The van der Waals surface area contributed by atoms with E-state index in [0.29, 0.717) is 26.1 Å². The van der Waals surface area contributed by atoms with Crippen LogP contribution in [0.1, 0.15) is 45.1 Å². The van der Waals surface area contributed by atoms with Gasteiger partial charge in [0.15, 0.2) is 0 Å². The monoisotopic (exact) mass is 358 g/mol. The Balaban J connectivity index is 1.62. The molecule has 4 nitrogen and oxygen atoms in total. The molecule has 0 N–H and O–H groups in total. The van der Waals surface area contributed by atoms with Gasteiger partial charge < -0.3 is 9.80 Å². The Morgan fingerprint density at radius 1 is 1.23 bits per heavy atom. The molecule has 1 aromatic carbocycles. The number of benzene rings is 1. The summed E-state index contributed by atoms with van der Waals surface area (Å²) < 4.78 is 13.1. The van der Waals surface area contributed by atoms with Crippen LogP contribution in [0.2, 0.25) is 0 Å². The normalized spacial score (nSPS) is 20.7. The molecule has 0 saturated carbocycles. The van der Waals surface area contributed by atoms with Crippen LogP contribution in [0, 0.1) is 11.7 Å². The lowest BCUT2D eigenvalue weighted by Gasteiger charge is -2.30. The molecule has 1 unspecified atom stereocenters. The topological polar surface area (TPSA) is 40.6 Å². The van der Waals surface area contributed by atoms with Crippen LogP contribution in [0.3, 0.4) is 0 Å². The molecule has 1 fully saturated rings. The number of amides is 2. The van der Waals surface area contributed by atoms with Crippen LogP contribution in [-0.4, -0.2) is 47.3 Å².